The van der Waals surface area contributed by atoms with Crippen LogP contribution >= 0.6 is 0 Å². The van der Waals surface area contributed by atoms with Crippen LogP contribution in [0.15, 0.2) is 30.3 Å². The lowest BCUT2D eigenvalue weighted by Crippen LogP contribution is -2.49. The number of nitrogens with one attached hydrogen (secondary N) is 1. The molecular formula is C15H20N2O3. The van der Waals surface area contributed by atoms with Crippen molar-refractivity contribution in [3.63, 3.8) is 0 Å². The Balaban J connectivity index is 2.18. The van der Waals surface area contributed by atoms with Crippen LogP contribution in [0.3, 0.4) is 0 Å². The number of carboxylic acid groups (broad SMARTS) is 1. The smallest absolute Gasteiger partial charge is 0.404 e. The number of likely N-dealkylation sites (tertiary alicyclic amines) is 1. The van der Waals surface area contributed by atoms with Gasteiger partial charge in [0, 0.05) is 32.0 Å². The van der Waals surface area contributed by atoms with Crippen LogP contribution in [0.25, 0.3) is 0 Å². The Hall–Kier alpha value is -2.04. The van der Waals surface area contributed by atoms with Gasteiger partial charge in [-0.15, -0.1) is 0 Å². The second kappa shape index (κ2) is 5.94. The number of carbonyl (C=O) groups is 2. The van der Waals surface area contributed by atoms with Crippen LogP contribution in [0.1, 0.15) is 25.3 Å². The number of piperidine rings is 1. The van der Waals surface area contributed by atoms with Crippen LogP contribution < -0.4 is 5.32 Å². The molecule has 20 heavy (non-hydrogen) atoms. The zero-order valence-electron chi connectivity index (χ0n) is 11.6. The van der Waals surface area contributed by atoms with E-state index in [4.69, 9.17) is 5.11 Å². The third-order valence-electron chi connectivity index (χ3n) is 4.13. The fourth-order valence-electron chi connectivity index (χ4n) is 2.85. The second-order valence-electron chi connectivity index (χ2n) is 5.31. The molecule has 1 aliphatic heterocycles. The topological polar surface area (TPSA) is 69.6 Å². The summed E-state index contributed by atoms with van der Waals surface area (Å²) in [6.07, 6.45) is 0.544. The highest BCUT2D eigenvalue weighted by molar-refractivity contribution is 5.73. The normalized spacial score (nSPS) is 17.6. The quantitative estimate of drug-likeness (QED) is 0.885. The third kappa shape index (κ3) is 3.10. The summed E-state index contributed by atoms with van der Waals surface area (Å²) in [5.41, 5.74) is 0.919. The molecule has 2 amide bonds. The number of hydrogen-bond donors (Lipinski definition) is 2. The molecule has 0 unspecified atom stereocenters. The fraction of sp³-hybridized carbons (Fsp3) is 0.467. The largest absolute Gasteiger partial charge is 0.465 e. The Morgan fingerprint density at radius 2 is 1.85 bits per heavy atom. The Labute approximate surface area is 118 Å². The zero-order chi connectivity index (χ0) is 14.6. The van der Waals surface area contributed by atoms with Crippen molar-refractivity contribution in [3.05, 3.63) is 35.9 Å². The van der Waals surface area contributed by atoms with E-state index in [9.17, 15) is 9.59 Å². The third-order valence-corrected chi connectivity index (χ3v) is 4.13. The molecule has 2 rings (SSSR count). The van der Waals surface area contributed by atoms with E-state index in [1.807, 2.05) is 35.2 Å². The maximum atomic E-state index is 11.4. The summed E-state index contributed by atoms with van der Waals surface area (Å²) < 4.78 is 0. The molecule has 2 N–H and O–H groups in total. The van der Waals surface area contributed by atoms with Gasteiger partial charge < -0.3 is 15.3 Å². The number of hydrogen-bond acceptors (Lipinski definition) is 2. The summed E-state index contributed by atoms with van der Waals surface area (Å²) in [6.45, 7) is 3.31. The molecule has 5 nitrogen and oxygen atoms in total. The SMILES string of the molecule is CC(=O)N1CCC(CNC(=O)O)(c2ccccc2)CC1. The summed E-state index contributed by atoms with van der Waals surface area (Å²) in [4.78, 5) is 24.1. The van der Waals surface area contributed by atoms with Gasteiger partial charge in [0.2, 0.25) is 5.91 Å². The van der Waals surface area contributed by atoms with E-state index in [1.165, 1.54) is 0 Å². The van der Waals surface area contributed by atoms with Crippen LogP contribution in [-0.4, -0.2) is 41.6 Å². The Kier molecular flexibility index (Phi) is 4.27. The number of rotatable bonds is 3. The monoisotopic (exact) mass is 276 g/mol. The van der Waals surface area contributed by atoms with Gasteiger partial charge in [-0.05, 0) is 18.4 Å². The van der Waals surface area contributed by atoms with Gasteiger partial charge in [-0.3, -0.25) is 4.79 Å². The maximum Gasteiger partial charge on any atom is 0.404 e. The molecule has 1 aromatic carbocycles. The summed E-state index contributed by atoms with van der Waals surface area (Å²) >= 11 is 0. The van der Waals surface area contributed by atoms with Crippen molar-refractivity contribution in [1.29, 1.82) is 0 Å². The summed E-state index contributed by atoms with van der Waals surface area (Å²) in [7, 11) is 0. The van der Waals surface area contributed by atoms with Crippen molar-refractivity contribution < 1.29 is 14.7 Å². The molecule has 1 fully saturated rings. The summed E-state index contributed by atoms with van der Waals surface area (Å²) in [5, 5.41) is 11.4. The molecule has 0 aromatic heterocycles. The van der Waals surface area contributed by atoms with E-state index in [0.717, 1.165) is 18.4 Å². The van der Waals surface area contributed by atoms with E-state index >= 15 is 0 Å². The standard InChI is InChI=1S/C15H20N2O3/c1-12(18)17-9-7-15(8-10-17,11-16-14(19)20)13-5-3-2-4-6-13/h2-6,16H,7-11H2,1H3,(H,19,20). The lowest BCUT2D eigenvalue weighted by Gasteiger charge is -2.42. The van der Waals surface area contributed by atoms with Crippen molar-refractivity contribution >= 4 is 12.0 Å². The predicted molar refractivity (Wildman–Crippen MR) is 75.6 cm³/mol. The van der Waals surface area contributed by atoms with Crippen molar-refractivity contribution in [2.75, 3.05) is 19.6 Å². The molecule has 108 valence electrons. The molecule has 1 aliphatic rings. The molecule has 0 aliphatic carbocycles. The molecule has 5 heteroatoms. The minimum Gasteiger partial charge on any atom is -0.465 e. The average Bonchev–Trinajstić information content (AvgIpc) is 2.46. The molecule has 0 spiro atoms. The van der Waals surface area contributed by atoms with Crippen molar-refractivity contribution in [2.45, 2.75) is 25.2 Å². The first-order valence-corrected chi connectivity index (χ1v) is 6.81. The van der Waals surface area contributed by atoms with Gasteiger partial charge in [-0.1, -0.05) is 30.3 Å². The van der Waals surface area contributed by atoms with Crippen LogP contribution in [0.5, 0.6) is 0 Å². The van der Waals surface area contributed by atoms with Crippen LogP contribution in [0.4, 0.5) is 4.79 Å². The first-order valence-electron chi connectivity index (χ1n) is 6.81. The maximum absolute atomic E-state index is 11.4. The van der Waals surface area contributed by atoms with Crippen LogP contribution in [0.2, 0.25) is 0 Å². The molecular weight excluding hydrogens is 256 g/mol. The van der Waals surface area contributed by atoms with Gasteiger partial charge in [0.25, 0.3) is 0 Å². The number of amides is 2. The second-order valence-corrected chi connectivity index (χ2v) is 5.31. The number of carbonyl (C=O) groups excluding carboxylic acids is 1. The average molecular weight is 276 g/mol. The van der Waals surface area contributed by atoms with Gasteiger partial charge in [-0.2, -0.15) is 0 Å². The Morgan fingerprint density at radius 1 is 1.25 bits per heavy atom. The minimum atomic E-state index is -1.01. The van der Waals surface area contributed by atoms with E-state index < -0.39 is 6.09 Å². The predicted octanol–water partition coefficient (Wildman–Crippen LogP) is 1.83. The highest BCUT2D eigenvalue weighted by atomic mass is 16.4. The molecule has 1 heterocycles. The van der Waals surface area contributed by atoms with Crippen LogP contribution in [-0.2, 0) is 10.2 Å². The van der Waals surface area contributed by atoms with Crippen molar-refractivity contribution in [2.24, 2.45) is 0 Å². The molecule has 0 saturated carbocycles. The Bertz CT molecular complexity index is 479. The summed E-state index contributed by atoms with van der Waals surface area (Å²) in [5.74, 6) is 0.0813. The fourth-order valence-corrected chi connectivity index (χ4v) is 2.85. The van der Waals surface area contributed by atoms with Gasteiger partial charge in [0.1, 0.15) is 0 Å². The molecule has 1 aromatic rings. The molecule has 0 radical (unpaired) electrons. The van der Waals surface area contributed by atoms with Gasteiger partial charge >= 0.3 is 6.09 Å². The van der Waals surface area contributed by atoms with E-state index in [2.05, 4.69) is 5.32 Å². The number of benzene rings is 1. The van der Waals surface area contributed by atoms with Gasteiger partial charge in [0.05, 0.1) is 0 Å². The number of nitrogens with zero attached hydrogens (tertiary/aromatic N) is 1. The highest BCUT2D eigenvalue weighted by Gasteiger charge is 2.37. The van der Waals surface area contributed by atoms with Crippen LogP contribution in [0, 0.1) is 0 Å². The first kappa shape index (κ1) is 14.4. The molecule has 1 saturated heterocycles. The minimum absolute atomic E-state index is 0.0813. The lowest BCUT2D eigenvalue weighted by atomic mass is 9.72. The van der Waals surface area contributed by atoms with E-state index in [0.29, 0.717) is 19.6 Å². The molecule has 0 atom stereocenters. The van der Waals surface area contributed by atoms with Gasteiger partial charge in [0.15, 0.2) is 0 Å². The lowest BCUT2D eigenvalue weighted by molar-refractivity contribution is -0.130. The van der Waals surface area contributed by atoms with E-state index in [-0.39, 0.29) is 11.3 Å². The highest BCUT2D eigenvalue weighted by Crippen LogP contribution is 2.35. The molecule has 0 bridgehead atoms. The van der Waals surface area contributed by atoms with Gasteiger partial charge in [-0.25, -0.2) is 4.79 Å². The van der Waals surface area contributed by atoms with Crippen molar-refractivity contribution in [1.82, 2.24) is 10.2 Å². The zero-order valence-corrected chi connectivity index (χ0v) is 11.6. The summed E-state index contributed by atoms with van der Waals surface area (Å²) in [6, 6.07) is 9.96. The van der Waals surface area contributed by atoms with E-state index in [1.54, 1.807) is 6.92 Å². The Morgan fingerprint density at radius 3 is 2.35 bits per heavy atom. The van der Waals surface area contributed by atoms with Crippen molar-refractivity contribution in [3.8, 4) is 0 Å². The first-order chi connectivity index (χ1) is 9.53.